The molecule has 2 aromatic rings. The molecule has 16 heavy (non-hydrogen) atoms. The Bertz CT molecular complexity index is 548. The Hall–Kier alpha value is -1.13. The molecule has 4 heteroatoms. The van der Waals surface area contributed by atoms with E-state index in [1.54, 1.807) is 12.1 Å². The molecular formula is C12H10BrNOS. The minimum atomic E-state index is -0.0168. The third-order valence-corrected chi connectivity index (χ3v) is 3.72. The summed E-state index contributed by atoms with van der Waals surface area (Å²) in [6.07, 6.45) is 0. The molecule has 0 fully saturated rings. The van der Waals surface area contributed by atoms with Crippen LogP contribution in [-0.4, -0.2) is 5.78 Å². The van der Waals surface area contributed by atoms with Gasteiger partial charge in [-0.3, -0.25) is 4.79 Å². The smallest absolute Gasteiger partial charge is 0.205 e. The largest absolute Gasteiger partial charge is 0.398 e. The van der Waals surface area contributed by atoms with Crippen LogP contribution < -0.4 is 5.73 Å². The summed E-state index contributed by atoms with van der Waals surface area (Å²) < 4.78 is 0.860. The lowest BCUT2D eigenvalue weighted by molar-refractivity contribution is 0.104. The number of aryl methyl sites for hydroxylation is 1. The Labute approximate surface area is 106 Å². The molecule has 2 N–H and O–H groups in total. The number of thiophene rings is 1. The van der Waals surface area contributed by atoms with Crippen LogP contribution in [0.2, 0.25) is 0 Å². The number of hydrogen-bond acceptors (Lipinski definition) is 3. The summed E-state index contributed by atoms with van der Waals surface area (Å²) in [5, 5.41) is 0. The maximum Gasteiger partial charge on any atom is 0.205 e. The van der Waals surface area contributed by atoms with E-state index >= 15 is 0 Å². The van der Waals surface area contributed by atoms with Crippen molar-refractivity contribution in [3.63, 3.8) is 0 Å². The molecule has 0 atom stereocenters. The van der Waals surface area contributed by atoms with E-state index in [9.17, 15) is 4.79 Å². The van der Waals surface area contributed by atoms with Gasteiger partial charge in [0.25, 0.3) is 0 Å². The number of halogens is 1. The number of rotatable bonds is 2. The molecule has 0 aliphatic heterocycles. The summed E-state index contributed by atoms with van der Waals surface area (Å²) in [5.74, 6) is -0.0168. The van der Waals surface area contributed by atoms with Crippen molar-refractivity contribution in [1.29, 1.82) is 0 Å². The lowest BCUT2D eigenvalue weighted by Crippen LogP contribution is -2.03. The minimum absolute atomic E-state index is 0.0168. The number of nitrogens with two attached hydrogens (primary N) is 1. The van der Waals surface area contributed by atoms with Crippen molar-refractivity contribution >= 4 is 38.7 Å². The Morgan fingerprint density at radius 3 is 2.69 bits per heavy atom. The molecule has 1 heterocycles. The van der Waals surface area contributed by atoms with Crippen LogP contribution in [0.1, 0.15) is 20.1 Å². The molecule has 0 amide bonds. The average Bonchev–Trinajstić information content (AvgIpc) is 2.67. The summed E-state index contributed by atoms with van der Waals surface area (Å²) in [6.45, 7) is 1.98. The summed E-state index contributed by atoms with van der Waals surface area (Å²) in [7, 11) is 0. The van der Waals surface area contributed by atoms with Crippen LogP contribution in [0.25, 0.3) is 0 Å². The van der Waals surface area contributed by atoms with Crippen LogP contribution in [0.4, 0.5) is 5.69 Å². The van der Waals surface area contributed by atoms with E-state index in [1.807, 2.05) is 25.1 Å². The molecule has 0 spiro atoms. The van der Waals surface area contributed by atoms with Gasteiger partial charge in [0.1, 0.15) is 0 Å². The van der Waals surface area contributed by atoms with Gasteiger partial charge in [-0.15, -0.1) is 11.3 Å². The SMILES string of the molecule is Cc1ccc(C(=O)c2cc(Br)ccc2N)s1. The van der Waals surface area contributed by atoms with E-state index in [2.05, 4.69) is 15.9 Å². The molecule has 0 aliphatic carbocycles. The van der Waals surface area contributed by atoms with Crippen LogP contribution in [0.5, 0.6) is 0 Å². The van der Waals surface area contributed by atoms with Crippen LogP contribution in [-0.2, 0) is 0 Å². The maximum atomic E-state index is 12.1. The zero-order valence-corrected chi connectivity index (χ0v) is 11.1. The molecule has 82 valence electrons. The lowest BCUT2D eigenvalue weighted by Gasteiger charge is -2.03. The highest BCUT2D eigenvalue weighted by Gasteiger charge is 2.14. The molecular weight excluding hydrogens is 286 g/mol. The highest BCUT2D eigenvalue weighted by Crippen LogP contribution is 2.24. The Morgan fingerprint density at radius 2 is 2.06 bits per heavy atom. The zero-order chi connectivity index (χ0) is 11.7. The van der Waals surface area contributed by atoms with Crippen LogP contribution in [0.3, 0.4) is 0 Å². The second kappa shape index (κ2) is 4.39. The van der Waals surface area contributed by atoms with E-state index < -0.39 is 0 Å². The predicted octanol–water partition coefficient (Wildman–Crippen LogP) is 3.63. The van der Waals surface area contributed by atoms with Gasteiger partial charge in [0.05, 0.1) is 4.88 Å². The van der Waals surface area contributed by atoms with Crippen LogP contribution >= 0.6 is 27.3 Å². The first kappa shape index (κ1) is 11.4. The fourth-order valence-corrected chi connectivity index (χ4v) is 2.60. The fraction of sp³-hybridized carbons (Fsp3) is 0.0833. The quantitative estimate of drug-likeness (QED) is 0.679. The molecule has 0 radical (unpaired) electrons. The predicted molar refractivity (Wildman–Crippen MR) is 71.0 cm³/mol. The van der Waals surface area contributed by atoms with Gasteiger partial charge in [0, 0.05) is 20.6 Å². The second-order valence-corrected chi connectivity index (χ2v) is 5.67. The van der Waals surface area contributed by atoms with Gasteiger partial charge >= 0.3 is 0 Å². The summed E-state index contributed by atoms with van der Waals surface area (Å²) >= 11 is 4.82. The van der Waals surface area contributed by atoms with E-state index in [0.29, 0.717) is 11.3 Å². The van der Waals surface area contributed by atoms with Crippen molar-refractivity contribution in [1.82, 2.24) is 0 Å². The van der Waals surface area contributed by atoms with Crippen molar-refractivity contribution in [2.24, 2.45) is 0 Å². The lowest BCUT2D eigenvalue weighted by atomic mass is 10.1. The van der Waals surface area contributed by atoms with Gasteiger partial charge in [-0.1, -0.05) is 15.9 Å². The van der Waals surface area contributed by atoms with Gasteiger partial charge in [-0.2, -0.15) is 0 Å². The van der Waals surface area contributed by atoms with Crippen molar-refractivity contribution < 1.29 is 4.79 Å². The molecule has 2 nitrogen and oxygen atoms in total. The standard InChI is InChI=1S/C12H10BrNOS/c1-7-2-5-11(16-7)12(15)9-6-8(13)3-4-10(9)14/h2-6H,14H2,1H3. The highest BCUT2D eigenvalue weighted by molar-refractivity contribution is 9.10. The fourth-order valence-electron chi connectivity index (χ4n) is 1.41. The molecule has 1 aromatic heterocycles. The number of nitrogen functional groups attached to an aromatic ring is 1. The van der Waals surface area contributed by atoms with Gasteiger partial charge in [-0.05, 0) is 37.3 Å². The molecule has 1 aromatic carbocycles. The van der Waals surface area contributed by atoms with Gasteiger partial charge in [0.15, 0.2) is 0 Å². The highest BCUT2D eigenvalue weighted by atomic mass is 79.9. The first-order valence-corrected chi connectivity index (χ1v) is 6.35. The number of hydrogen-bond donors (Lipinski definition) is 1. The van der Waals surface area contributed by atoms with Crippen molar-refractivity contribution in [2.75, 3.05) is 5.73 Å². The Morgan fingerprint density at radius 1 is 1.31 bits per heavy atom. The summed E-state index contributed by atoms with van der Waals surface area (Å²) in [5.41, 5.74) is 6.86. The van der Waals surface area contributed by atoms with Gasteiger partial charge < -0.3 is 5.73 Å². The molecule has 0 aliphatic rings. The Kier molecular flexibility index (Phi) is 3.12. The number of carbonyl (C=O) groups is 1. The van der Waals surface area contributed by atoms with Crippen LogP contribution in [0, 0.1) is 6.92 Å². The number of benzene rings is 1. The minimum Gasteiger partial charge on any atom is -0.398 e. The van der Waals surface area contributed by atoms with E-state index in [0.717, 1.165) is 14.2 Å². The third kappa shape index (κ3) is 2.18. The monoisotopic (exact) mass is 295 g/mol. The normalized spacial score (nSPS) is 10.4. The molecule has 0 saturated carbocycles. The molecule has 0 saturated heterocycles. The number of anilines is 1. The summed E-state index contributed by atoms with van der Waals surface area (Å²) in [6, 6.07) is 9.09. The second-order valence-electron chi connectivity index (χ2n) is 3.47. The number of ketones is 1. The first-order valence-electron chi connectivity index (χ1n) is 4.74. The first-order chi connectivity index (χ1) is 7.58. The van der Waals surface area contributed by atoms with Crippen molar-refractivity contribution in [2.45, 2.75) is 6.92 Å². The third-order valence-electron chi connectivity index (χ3n) is 2.22. The van der Waals surface area contributed by atoms with E-state index in [-0.39, 0.29) is 5.78 Å². The van der Waals surface area contributed by atoms with E-state index in [4.69, 9.17) is 5.73 Å². The maximum absolute atomic E-state index is 12.1. The Balaban J connectivity index is 2.45. The average molecular weight is 296 g/mol. The van der Waals surface area contributed by atoms with Gasteiger partial charge in [-0.25, -0.2) is 0 Å². The zero-order valence-electron chi connectivity index (χ0n) is 8.66. The topological polar surface area (TPSA) is 43.1 Å². The van der Waals surface area contributed by atoms with Crippen molar-refractivity contribution in [3.8, 4) is 0 Å². The summed E-state index contributed by atoms with van der Waals surface area (Å²) in [4.78, 5) is 14.0. The van der Waals surface area contributed by atoms with Crippen LogP contribution in [0.15, 0.2) is 34.8 Å². The number of carbonyl (C=O) groups excluding carboxylic acids is 1. The van der Waals surface area contributed by atoms with E-state index in [1.165, 1.54) is 11.3 Å². The van der Waals surface area contributed by atoms with Gasteiger partial charge in [0.2, 0.25) is 5.78 Å². The molecule has 0 bridgehead atoms. The van der Waals surface area contributed by atoms with Crippen molar-refractivity contribution in [3.05, 3.63) is 50.1 Å². The molecule has 2 rings (SSSR count). The molecule has 0 unspecified atom stereocenters.